The Bertz CT molecular complexity index is 818. The summed E-state index contributed by atoms with van der Waals surface area (Å²) in [6.45, 7) is 2.66. The van der Waals surface area contributed by atoms with Crippen LogP contribution in [-0.4, -0.2) is 35.3 Å². The Labute approximate surface area is 174 Å². The summed E-state index contributed by atoms with van der Waals surface area (Å²) in [5.74, 6) is 0.0933. The first-order valence-corrected chi connectivity index (χ1v) is 10.7. The Balaban J connectivity index is 1.81. The van der Waals surface area contributed by atoms with Crippen LogP contribution < -0.4 is 5.32 Å². The van der Waals surface area contributed by atoms with Crippen LogP contribution >= 0.6 is 23.4 Å². The van der Waals surface area contributed by atoms with Crippen molar-refractivity contribution in [3.8, 4) is 0 Å². The molecule has 1 N–H and O–H groups in total. The van der Waals surface area contributed by atoms with Crippen LogP contribution in [0.25, 0.3) is 0 Å². The van der Waals surface area contributed by atoms with Gasteiger partial charge in [0, 0.05) is 22.9 Å². The molecule has 0 aromatic heterocycles. The highest BCUT2D eigenvalue weighted by Gasteiger charge is 2.43. The van der Waals surface area contributed by atoms with Crippen LogP contribution in [-0.2, 0) is 16.1 Å². The quantitative estimate of drug-likeness (QED) is 0.695. The maximum absolute atomic E-state index is 13.1. The van der Waals surface area contributed by atoms with Crippen molar-refractivity contribution >= 4 is 35.4 Å². The third kappa shape index (κ3) is 4.80. The summed E-state index contributed by atoms with van der Waals surface area (Å²) in [6, 6.07) is 16.1. The molecule has 1 aliphatic heterocycles. The SMILES string of the molecule is CCCOC(=O)C1CSC(c2ccccc2Cl)N1C(=O)NCc1ccccc1. The summed E-state index contributed by atoms with van der Waals surface area (Å²) in [7, 11) is 0. The molecule has 3 rings (SSSR count). The zero-order valence-corrected chi connectivity index (χ0v) is 17.2. The second-order valence-electron chi connectivity index (χ2n) is 6.44. The van der Waals surface area contributed by atoms with E-state index in [1.807, 2.05) is 55.5 Å². The topological polar surface area (TPSA) is 58.6 Å². The molecule has 0 radical (unpaired) electrons. The minimum atomic E-state index is -0.645. The zero-order chi connectivity index (χ0) is 19.9. The average molecular weight is 419 g/mol. The maximum Gasteiger partial charge on any atom is 0.329 e. The molecular weight excluding hydrogens is 396 g/mol. The van der Waals surface area contributed by atoms with Crippen molar-refractivity contribution < 1.29 is 14.3 Å². The number of hydrogen-bond donors (Lipinski definition) is 1. The molecule has 2 atom stereocenters. The number of rotatable bonds is 6. The van der Waals surface area contributed by atoms with Crippen LogP contribution in [0.1, 0.15) is 29.8 Å². The van der Waals surface area contributed by atoms with E-state index in [9.17, 15) is 9.59 Å². The molecule has 5 nitrogen and oxygen atoms in total. The van der Waals surface area contributed by atoms with Gasteiger partial charge in [0.15, 0.2) is 0 Å². The van der Waals surface area contributed by atoms with E-state index in [4.69, 9.17) is 16.3 Å². The van der Waals surface area contributed by atoms with Gasteiger partial charge in [-0.1, -0.05) is 67.1 Å². The van der Waals surface area contributed by atoms with Crippen LogP contribution in [0.4, 0.5) is 4.79 Å². The van der Waals surface area contributed by atoms with Crippen molar-refractivity contribution in [1.82, 2.24) is 10.2 Å². The Hall–Kier alpha value is -2.18. The molecule has 0 bridgehead atoms. The molecule has 1 fully saturated rings. The van der Waals surface area contributed by atoms with Gasteiger partial charge in [0.25, 0.3) is 0 Å². The van der Waals surface area contributed by atoms with Gasteiger partial charge in [-0.15, -0.1) is 11.8 Å². The molecule has 28 heavy (non-hydrogen) atoms. The number of carbonyl (C=O) groups excluding carboxylic acids is 2. The fourth-order valence-corrected chi connectivity index (χ4v) is 4.77. The lowest BCUT2D eigenvalue weighted by atomic mass is 10.2. The van der Waals surface area contributed by atoms with E-state index >= 15 is 0 Å². The first kappa shape index (κ1) is 20.6. The molecule has 148 valence electrons. The standard InChI is InChI=1S/C21H23ClN2O3S/c1-2-12-27-20(25)18-14-28-19(16-10-6-7-11-17(16)22)24(18)21(26)23-13-15-8-4-3-5-9-15/h3-11,18-19H,2,12-14H2,1H3,(H,23,26). The largest absolute Gasteiger partial charge is 0.464 e. The van der Waals surface area contributed by atoms with Crippen LogP contribution in [0.2, 0.25) is 5.02 Å². The number of hydrogen-bond acceptors (Lipinski definition) is 4. The number of urea groups is 1. The van der Waals surface area contributed by atoms with E-state index in [0.717, 1.165) is 17.5 Å². The van der Waals surface area contributed by atoms with E-state index in [1.54, 1.807) is 11.0 Å². The third-order valence-corrected chi connectivity index (χ3v) is 6.06. The van der Waals surface area contributed by atoms with Crippen molar-refractivity contribution in [1.29, 1.82) is 0 Å². The number of amides is 2. The lowest BCUT2D eigenvalue weighted by molar-refractivity contribution is -0.148. The van der Waals surface area contributed by atoms with E-state index in [0.29, 0.717) is 23.9 Å². The molecule has 1 heterocycles. The Kier molecular flexibility index (Phi) is 7.23. The van der Waals surface area contributed by atoms with E-state index in [1.165, 1.54) is 11.8 Å². The van der Waals surface area contributed by atoms with Gasteiger partial charge in [0.05, 0.1) is 6.61 Å². The van der Waals surface area contributed by atoms with Gasteiger partial charge < -0.3 is 10.1 Å². The molecule has 7 heteroatoms. The summed E-state index contributed by atoms with van der Waals surface area (Å²) >= 11 is 7.89. The molecule has 2 aromatic rings. The molecule has 0 aliphatic carbocycles. The lowest BCUT2D eigenvalue weighted by Gasteiger charge is -2.29. The fraction of sp³-hybridized carbons (Fsp3) is 0.333. The number of carbonyl (C=O) groups is 2. The van der Waals surface area contributed by atoms with Gasteiger partial charge in [-0.05, 0) is 18.1 Å². The number of thioether (sulfide) groups is 1. The van der Waals surface area contributed by atoms with Gasteiger partial charge in [0.2, 0.25) is 0 Å². The summed E-state index contributed by atoms with van der Waals surface area (Å²) < 4.78 is 5.33. The molecular formula is C21H23ClN2O3S. The van der Waals surface area contributed by atoms with Gasteiger partial charge >= 0.3 is 12.0 Å². The second-order valence-corrected chi connectivity index (χ2v) is 7.96. The van der Waals surface area contributed by atoms with Gasteiger partial charge in [-0.3, -0.25) is 4.90 Å². The predicted octanol–water partition coefficient (Wildman–Crippen LogP) is 4.62. The number of ether oxygens (including phenoxy) is 1. The van der Waals surface area contributed by atoms with E-state index < -0.39 is 6.04 Å². The van der Waals surface area contributed by atoms with Crippen molar-refractivity contribution in [2.24, 2.45) is 0 Å². The lowest BCUT2D eigenvalue weighted by Crippen LogP contribution is -2.48. The summed E-state index contributed by atoms with van der Waals surface area (Å²) in [4.78, 5) is 27.2. The molecule has 0 saturated carbocycles. The number of benzene rings is 2. The molecule has 0 spiro atoms. The highest BCUT2D eigenvalue weighted by molar-refractivity contribution is 7.99. The number of halogens is 1. The van der Waals surface area contributed by atoms with Gasteiger partial charge in [-0.25, -0.2) is 9.59 Å². The minimum Gasteiger partial charge on any atom is -0.464 e. The summed E-state index contributed by atoms with van der Waals surface area (Å²) in [5.41, 5.74) is 1.80. The van der Waals surface area contributed by atoms with Crippen molar-refractivity contribution in [2.45, 2.75) is 31.3 Å². The third-order valence-electron chi connectivity index (χ3n) is 4.41. The smallest absolute Gasteiger partial charge is 0.329 e. The van der Waals surface area contributed by atoms with E-state index in [2.05, 4.69) is 5.32 Å². The summed E-state index contributed by atoms with van der Waals surface area (Å²) in [5, 5.41) is 3.15. The highest BCUT2D eigenvalue weighted by atomic mass is 35.5. The van der Waals surface area contributed by atoms with Crippen molar-refractivity contribution in [3.63, 3.8) is 0 Å². The van der Waals surface area contributed by atoms with Gasteiger partial charge in [-0.2, -0.15) is 0 Å². The van der Waals surface area contributed by atoms with Crippen LogP contribution in [0.5, 0.6) is 0 Å². The van der Waals surface area contributed by atoms with Crippen LogP contribution in [0.3, 0.4) is 0 Å². The first-order valence-electron chi connectivity index (χ1n) is 9.24. The van der Waals surface area contributed by atoms with Crippen molar-refractivity contribution in [2.75, 3.05) is 12.4 Å². The van der Waals surface area contributed by atoms with Crippen LogP contribution in [0, 0.1) is 0 Å². The summed E-state index contributed by atoms with van der Waals surface area (Å²) in [6.07, 6.45) is 0.736. The second kappa shape index (κ2) is 9.85. The number of esters is 1. The zero-order valence-electron chi connectivity index (χ0n) is 15.6. The van der Waals surface area contributed by atoms with Crippen LogP contribution in [0.15, 0.2) is 54.6 Å². The maximum atomic E-state index is 13.1. The van der Waals surface area contributed by atoms with Crippen molar-refractivity contribution in [3.05, 3.63) is 70.7 Å². The molecule has 1 aliphatic rings. The predicted molar refractivity (Wildman–Crippen MR) is 112 cm³/mol. The average Bonchev–Trinajstić information content (AvgIpc) is 3.16. The first-order chi connectivity index (χ1) is 13.6. The molecule has 2 aromatic carbocycles. The Morgan fingerprint density at radius 1 is 1.18 bits per heavy atom. The molecule has 2 amide bonds. The minimum absolute atomic E-state index is 0.308. The Morgan fingerprint density at radius 3 is 2.61 bits per heavy atom. The number of nitrogens with zero attached hydrogens (tertiary/aromatic N) is 1. The molecule has 1 saturated heterocycles. The van der Waals surface area contributed by atoms with Gasteiger partial charge in [0.1, 0.15) is 11.4 Å². The van der Waals surface area contributed by atoms with E-state index in [-0.39, 0.29) is 17.4 Å². The fourth-order valence-electron chi connectivity index (χ4n) is 3.01. The number of nitrogens with one attached hydrogen (secondary N) is 1. The monoisotopic (exact) mass is 418 g/mol. The Morgan fingerprint density at radius 2 is 1.89 bits per heavy atom. The molecule has 2 unspecified atom stereocenters. The highest BCUT2D eigenvalue weighted by Crippen LogP contribution is 2.44. The normalized spacial score (nSPS) is 18.7.